The molecule has 0 atom stereocenters. The molecule has 0 heterocycles. The highest BCUT2D eigenvalue weighted by atomic mass is 35.5. The molecule has 1 aromatic carbocycles. The first-order valence-electron chi connectivity index (χ1n) is 2.91. The fourth-order valence-corrected chi connectivity index (χ4v) is 0.385. The summed E-state index contributed by atoms with van der Waals surface area (Å²) < 4.78 is 0. The lowest BCUT2D eigenvalue weighted by Crippen LogP contribution is -1.47. The lowest BCUT2D eigenvalue weighted by Gasteiger charge is -1.69. The average Bonchev–Trinajstić information content (AvgIpc) is 2.10. The second kappa shape index (κ2) is 30.0. The Labute approximate surface area is 94.2 Å². The summed E-state index contributed by atoms with van der Waals surface area (Å²) in [6.45, 7) is 0. The highest BCUT2D eigenvalue weighted by Gasteiger charge is 1.57. The molecule has 0 bridgehead atoms. The zero-order valence-electron chi connectivity index (χ0n) is 7.10. The van der Waals surface area contributed by atoms with Crippen molar-refractivity contribution in [1.29, 1.82) is 10.8 Å². The third kappa shape index (κ3) is 46.4. The molecule has 0 saturated heterocycles. The Morgan fingerprint density at radius 3 is 0.786 bits per heavy atom. The summed E-state index contributed by atoms with van der Waals surface area (Å²) in [6, 6.07) is 12.0. The molecule has 1 rings (SSSR count). The zero-order chi connectivity index (χ0) is 9.66. The van der Waals surface area contributed by atoms with Gasteiger partial charge in [-0.2, -0.15) is 0 Å². The van der Waals surface area contributed by atoms with Gasteiger partial charge in [-0.3, -0.25) is 0 Å². The van der Waals surface area contributed by atoms with Gasteiger partial charge in [0.15, 0.2) is 0 Å². The zero-order valence-corrected chi connectivity index (χ0v) is 8.73. The van der Waals surface area contributed by atoms with E-state index in [-0.39, 0.29) is 24.8 Å². The van der Waals surface area contributed by atoms with Crippen molar-refractivity contribution in [2.75, 3.05) is 0 Å². The lowest BCUT2D eigenvalue weighted by molar-refractivity contribution is 0.562. The van der Waals surface area contributed by atoms with Gasteiger partial charge in [0.2, 0.25) is 12.2 Å². The van der Waals surface area contributed by atoms with E-state index < -0.39 is 0 Å². The molecule has 0 unspecified atom stereocenters. The van der Waals surface area contributed by atoms with E-state index in [1.165, 1.54) is 0 Å². The summed E-state index contributed by atoms with van der Waals surface area (Å²) >= 11 is 0. The van der Waals surface area contributed by atoms with Crippen molar-refractivity contribution in [3.63, 3.8) is 0 Å². The van der Waals surface area contributed by atoms with Crippen LogP contribution in [0, 0.1) is 10.8 Å². The van der Waals surface area contributed by atoms with Gasteiger partial charge in [0.1, 0.15) is 0 Å². The van der Waals surface area contributed by atoms with E-state index in [1.54, 1.807) is 0 Å². The molecule has 0 aliphatic heterocycles. The van der Waals surface area contributed by atoms with Crippen LogP contribution in [0.15, 0.2) is 36.4 Å². The second-order valence-electron chi connectivity index (χ2n) is 1.36. The largest absolute Gasteiger partial charge is 0.231 e. The SMILES string of the molecule is Cl.Cl.N=C=O.N=C=O.c1ccccc1. The Bertz CT molecular complexity index is 204. The van der Waals surface area contributed by atoms with E-state index in [1.807, 2.05) is 36.4 Å². The fourth-order valence-electron chi connectivity index (χ4n) is 0.385. The third-order valence-corrected chi connectivity index (χ3v) is 0.667. The van der Waals surface area contributed by atoms with Crippen molar-refractivity contribution in [3.05, 3.63) is 36.4 Å². The second-order valence-corrected chi connectivity index (χ2v) is 1.36. The van der Waals surface area contributed by atoms with Crippen molar-refractivity contribution in [2.45, 2.75) is 0 Å². The van der Waals surface area contributed by atoms with Crippen molar-refractivity contribution in [2.24, 2.45) is 0 Å². The molecule has 0 aromatic heterocycles. The predicted octanol–water partition coefficient (Wildman–Crippen LogP) is 2.33. The standard InChI is InChI=1S/C6H6.2CHNO.2ClH/c1-2-4-6-5-3-1;2*2-1-3;;/h1-6H;2*2H;2*1H. The highest BCUT2D eigenvalue weighted by molar-refractivity contribution is 5.85. The molecular formula is C8H10Cl2N2O2. The van der Waals surface area contributed by atoms with Gasteiger partial charge in [-0.05, 0) is 0 Å². The van der Waals surface area contributed by atoms with Crippen LogP contribution in [0.5, 0.6) is 0 Å². The van der Waals surface area contributed by atoms with Gasteiger partial charge in [0.25, 0.3) is 0 Å². The molecule has 2 N–H and O–H groups in total. The van der Waals surface area contributed by atoms with E-state index in [4.69, 9.17) is 20.4 Å². The Morgan fingerprint density at radius 1 is 0.643 bits per heavy atom. The highest BCUT2D eigenvalue weighted by Crippen LogP contribution is 1.79. The van der Waals surface area contributed by atoms with E-state index in [0.717, 1.165) is 12.2 Å². The number of halogens is 2. The Hall–Kier alpha value is -1.44. The maximum absolute atomic E-state index is 8.35. The summed E-state index contributed by atoms with van der Waals surface area (Å²) in [5, 5.41) is 10.8. The molecule has 0 radical (unpaired) electrons. The van der Waals surface area contributed by atoms with Crippen LogP contribution in [-0.4, -0.2) is 12.2 Å². The Balaban J connectivity index is -0.0000000557. The average molecular weight is 237 g/mol. The van der Waals surface area contributed by atoms with Crippen LogP contribution in [0.25, 0.3) is 0 Å². The molecule has 78 valence electrons. The Morgan fingerprint density at radius 2 is 0.714 bits per heavy atom. The van der Waals surface area contributed by atoms with Crippen LogP contribution in [0.1, 0.15) is 0 Å². The summed E-state index contributed by atoms with van der Waals surface area (Å²) in [4.78, 5) is 16.7. The van der Waals surface area contributed by atoms with Crippen LogP contribution in [0.4, 0.5) is 0 Å². The van der Waals surface area contributed by atoms with Crippen LogP contribution in [0.2, 0.25) is 0 Å². The summed E-state index contributed by atoms with van der Waals surface area (Å²) in [6.07, 6.45) is 1.50. The molecule has 1 aromatic rings. The molecule has 0 fully saturated rings. The number of hydrogen-bond acceptors (Lipinski definition) is 4. The molecule has 0 amide bonds. The van der Waals surface area contributed by atoms with E-state index in [0.29, 0.717) is 0 Å². The van der Waals surface area contributed by atoms with Gasteiger partial charge in [-0.25, -0.2) is 20.4 Å². The number of nitrogens with one attached hydrogen (secondary N) is 2. The molecule has 0 saturated carbocycles. The first-order valence-corrected chi connectivity index (χ1v) is 2.91. The molecule has 14 heavy (non-hydrogen) atoms. The van der Waals surface area contributed by atoms with Gasteiger partial charge in [0, 0.05) is 0 Å². The number of isocyanates is 2. The normalized spacial score (nSPS) is 4.57. The van der Waals surface area contributed by atoms with Gasteiger partial charge >= 0.3 is 0 Å². The minimum atomic E-state index is 0. The predicted molar refractivity (Wildman–Crippen MR) is 57.8 cm³/mol. The van der Waals surface area contributed by atoms with Gasteiger partial charge < -0.3 is 0 Å². The Kier molecular flexibility index (Phi) is 49.0. The lowest BCUT2D eigenvalue weighted by atomic mass is 10.4. The van der Waals surface area contributed by atoms with Gasteiger partial charge in [0.05, 0.1) is 0 Å². The minimum Gasteiger partial charge on any atom is -0.222 e. The molecule has 4 nitrogen and oxygen atoms in total. The van der Waals surface area contributed by atoms with Gasteiger partial charge in [-0.1, -0.05) is 36.4 Å². The van der Waals surface area contributed by atoms with Crippen molar-refractivity contribution in [3.8, 4) is 0 Å². The van der Waals surface area contributed by atoms with Crippen molar-refractivity contribution >= 4 is 37.0 Å². The topological polar surface area (TPSA) is 81.8 Å². The van der Waals surface area contributed by atoms with Crippen LogP contribution in [0.3, 0.4) is 0 Å². The number of carbonyl (C=O) groups excluding carboxylic acids is 2. The van der Waals surface area contributed by atoms with Gasteiger partial charge in [-0.15, -0.1) is 24.8 Å². The number of rotatable bonds is 0. The fraction of sp³-hybridized carbons (Fsp3) is 0. The smallest absolute Gasteiger partial charge is 0.222 e. The molecule has 0 spiro atoms. The van der Waals surface area contributed by atoms with Crippen LogP contribution < -0.4 is 0 Å². The minimum absolute atomic E-state index is 0. The first kappa shape index (κ1) is 22.9. The van der Waals surface area contributed by atoms with Crippen LogP contribution >= 0.6 is 24.8 Å². The van der Waals surface area contributed by atoms with E-state index >= 15 is 0 Å². The molecule has 0 aliphatic rings. The maximum atomic E-state index is 8.35. The quantitative estimate of drug-likeness (QED) is 0.536. The number of hydrogen-bond donors (Lipinski definition) is 2. The summed E-state index contributed by atoms with van der Waals surface area (Å²) in [5.41, 5.74) is 0. The van der Waals surface area contributed by atoms with E-state index in [2.05, 4.69) is 0 Å². The van der Waals surface area contributed by atoms with Crippen molar-refractivity contribution < 1.29 is 9.59 Å². The first-order chi connectivity index (χ1) is 5.83. The monoisotopic (exact) mass is 236 g/mol. The van der Waals surface area contributed by atoms with E-state index in [9.17, 15) is 0 Å². The summed E-state index contributed by atoms with van der Waals surface area (Å²) in [7, 11) is 0. The van der Waals surface area contributed by atoms with Crippen molar-refractivity contribution in [1.82, 2.24) is 0 Å². The maximum Gasteiger partial charge on any atom is 0.231 e. The molecule has 0 aliphatic carbocycles. The summed E-state index contributed by atoms with van der Waals surface area (Å²) in [5.74, 6) is 0. The molecule has 6 heteroatoms. The van der Waals surface area contributed by atoms with Crippen LogP contribution in [-0.2, 0) is 9.59 Å². The number of benzene rings is 1. The third-order valence-electron chi connectivity index (χ3n) is 0.667. The molecular weight excluding hydrogens is 227 g/mol.